The summed E-state index contributed by atoms with van der Waals surface area (Å²) in [4.78, 5) is 14.0. The number of hydrogen-bond acceptors (Lipinski definition) is 4. The Kier molecular flexibility index (Phi) is 5.76. The van der Waals surface area contributed by atoms with E-state index >= 15 is 0 Å². The monoisotopic (exact) mass is 290 g/mol. The third-order valence-corrected chi connectivity index (χ3v) is 4.26. The van der Waals surface area contributed by atoms with E-state index in [-0.39, 0.29) is 5.78 Å². The number of Topliss-reactive ketones (excluding diaryl/α,β-unsaturated/α-hetero) is 1. The van der Waals surface area contributed by atoms with Gasteiger partial charge >= 0.3 is 0 Å². The molecule has 1 aromatic rings. The van der Waals surface area contributed by atoms with Crippen LogP contribution in [0.4, 0.5) is 0 Å². The molecule has 1 atom stereocenters. The topological polar surface area (TPSA) is 55.6 Å². The normalized spacial score (nSPS) is 19.5. The van der Waals surface area contributed by atoms with Gasteiger partial charge < -0.3 is 10.5 Å². The fourth-order valence-corrected chi connectivity index (χ4v) is 3.13. The average molecular weight is 290 g/mol. The predicted octanol–water partition coefficient (Wildman–Crippen LogP) is 2.46. The van der Waals surface area contributed by atoms with Crippen molar-refractivity contribution in [2.24, 2.45) is 11.7 Å². The molecule has 0 aromatic heterocycles. The minimum atomic E-state index is 0.0959. The zero-order valence-electron chi connectivity index (χ0n) is 13.1. The number of nitrogens with two attached hydrogens (primary N) is 1. The van der Waals surface area contributed by atoms with Crippen molar-refractivity contribution >= 4 is 5.78 Å². The third-order valence-electron chi connectivity index (χ3n) is 4.26. The van der Waals surface area contributed by atoms with Crippen molar-refractivity contribution in [3.8, 4) is 5.75 Å². The summed E-state index contributed by atoms with van der Waals surface area (Å²) in [6, 6.07) is 5.69. The van der Waals surface area contributed by atoms with Crippen LogP contribution in [0.5, 0.6) is 5.75 Å². The van der Waals surface area contributed by atoms with E-state index in [1.54, 1.807) is 14.0 Å². The van der Waals surface area contributed by atoms with Gasteiger partial charge in [0.25, 0.3) is 0 Å². The molecular weight excluding hydrogens is 264 g/mol. The van der Waals surface area contributed by atoms with Gasteiger partial charge in [-0.25, -0.2) is 0 Å². The molecule has 4 nitrogen and oxygen atoms in total. The number of carbonyl (C=O) groups excluding carboxylic acids is 1. The molecule has 0 spiro atoms. The first-order chi connectivity index (χ1) is 10.1. The minimum absolute atomic E-state index is 0.0959. The second-order valence-electron chi connectivity index (χ2n) is 5.90. The molecule has 21 heavy (non-hydrogen) atoms. The first-order valence-electron chi connectivity index (χ1n) is 7.74. The number of hydrogen-bond donors (Lipinski definition) is 1. The van der Waals surface area contributed by atoms with E-state index in [1.807, 2.05) is 18.2 Å². The van der Waals surface area contributed by atoms with Crippen molar-refractivity contribution in [1.29, 1.82) is 0 Å². The van der Waals surface area contributed by atoms with Crippen molar-refractivity contribution in [1.82, 2.24) is 4.90 Å². The quantitative estimate of drug-likeness (QED) is 0.818. The Bertz CT molecular complexity index is 486. The van der Waals surface area contributed by atoms with E-state index < -0.39 is 0 Å². The highest BCUT2D eigenvalue weighted by Gasteiger charge is 2.20. The zero-order valence-corrected chi connectivity index (χ0v) is 13.1. The van der Waals surface area contributed by atoms with E-state index in [9.17, 15) is 4.79 Å². The van der Waals surface area contributed by atoms with Gasteiger partial charge in [0.15, 0.2) is 5.78 Å². The molecule has 1 aliphatic rings. The smallest absolute Gasteiger partial charge is 0.159 e. The Balaban J connectivity index is 2.10. The molecule has 2 rings (SSSR count). The van der Waals surface area contributed by atoms with Crippen molar-refractivity contribution in [2.45, 2.75) is 32.7 Å². The van der Waals surface area contributed by atoms with Gasteiger partial charge in [-0.15, -0.1) is 0 Å². The van der Waals surface area contributed by atoms with Crippen molar-refractivity contribution in [3.05, 3.63) is 29.3 Å². The fourth-order valence-electron chi connectivity index (χ4n) is 3.13. The number of piperidine rings is 1. The number of methoxy groups -OCH3 is 1. The second-order valence-corrected chi connectivity index (χ2v) is 5.90. The van der Waals surface area contributed by atoms with Crippen molar-refractivity contribution in [2.75, 3.05) is 26.7 Å². The average Bonchev–Trinajstić information content (AvgIpc) is 2.48. The lowest BCUT2D eigenvalue weighted by atomic mass is 9.94. The molecule has 1 fully saturated rings. The van der Waals surface area contributed by atoms with Gasteiger partial charge in [0.2, 0.25) is 0 Å². The number of ether oxygens (including phenoxy) is 1. The van der Waals surface area contributed by atoms with Crippen LogP contribution in [0, 0.1) is 5.92 Å². The van der Waals surface area contributed by atoms with Crippen LogP contribution in [0.25, 0.3) is 0 Å². The summed E-state index contributed by atoms with van der Waals surface area (Å²) >= 11 is 0. The van der Waals surface area contributed by atoms with Crippen LogP contribution < -0.4 is 10.5 Å². The number of benzene rings is 1. The summed E-state index contributed by atoms with van der Waals surface area (Å²) in [6.07, 6.45) is 3.60. The number of likely N-dealkylation sites (tertiary alicyclic amines) is 1. The summed E-state index contributed by atoms with van der Waals surface area (Å²) < 4.78 is 5.44. The van der Waals surface area contributed by atoms with Gasteiger partial charge in [0, 0.05) is 24.2 Å². The minimum Gasteiger partial charge on any atom is -0.496 e. The molecule has 0 aliphatic carbocycles. The number of carbonyl (C=O) groups is 1. The lowest BCUT2D eigenvalue weighted by molar-refractivity contribution is 0.101. The molecule has 0 saturated carbocycles. The molecule has 0 amide bonds. The lowest BCUT2D eigenvalue weighted by Gasteiger charge is -2.33. The van der Waals surface area contributed by atoms with Gasteiger partial charge in [-0.05, 0) is 63.4 Å². The van der Waals surface area contributed by atoms with E-state index in [2.05, 4.69) is 4.90 Å². The molecule has 4 heteroatoms. The first-order valence-corrected chi connectivity index (χ1v) is 7.74. The van der Waals surface area contributed by atoms with Crippen LogP contribution in [0.15, 0.2) is 18.2 Å². The Labute approximate surface area is 127 Å². The summed E-state index contributed by atoms with van der Waals surface area (Å²) in [7, 11) is 1.68. The van der Waals surface area contributed by atoms with Crippen LogP contribution in [0.3, 0.4) is 0 Å². The lowest BCUT2D eigenvalue weighted by Crippen LogP contribution is -2.35. The Morgan fingerprint density at radius 3 is 2.95 bits per heavy atom. The van der Waals surface area contributed by atoms with E-state index in [1.165, 1.54) is 12.8 Å². The Morgan fingerprint density at radius 1 is 1.48 bits per heavy atom. The van der Waals surface area contributed by atoms with E-state index in [4.69, 9.17) is 10.5 Å². The van der Waals surface area contributed by atoms with Gasteiger partial charge in [-0.2, -0.15) is 0 Å². The molecule has 116 valence electrons. The third kappa shape index (κ3) is 4.29. The van der Waals surface area contributed by atoms with E-state index in [0.29, 0.717) is 5.92 Å². The molecule has 0 bridgehead atoms. The van der Waals surface area contributed by atoms with Crippen LogP contribution in [-0.2, 0) is 6.54 Å². The number of rotatable bonds is 6. The zero-order chi connectivity index (χ0) is 15.2. The summed E-state index contributed by atoms with van der Waals surface area (Å²) in [5, 5.41) is 0. The maximum Gasteiger partial charge on any atom is 0.159 e. The highest BCUT2D eigenvalue weighted by Crippen LogP contribution is 2.25. The highest BCUT2D eigenvalue weighted by molar-refractivity contribution is 5.94. The molecule has 1 unspecified atom stereocenters. The highest BCUT2D eigenvalue weighted by atomic mass is 16.5. The van der Waals surface area contributed by atoms with Crippen LogP contribution >= 0.6 is 0 Å². The molecule has 1 saturated heterocycles. The molecule has 1 heterocycles. The van der Waals surface area contributed by atoms with Crippen LogP contribution in [-0.4, -0.2) is 37.4 Å². The van der Waals surface area contributed by atoms with Gasteiger partial charge in [0.1, 0.15) is 5.75 Å². The van der Waals surface area contributed by atoms with Crippen LogP contribution in [0.2, 0.25) is 0 Å². The Morgan fingerprint density at radius 2 is 2.29 bits per heavy atom. The number of ketones is 1. The molecule has 1 aromatic carbocycles. The predicted molar refractivity (Wildman–Crippen MR) is 84.7 cm³/mol. The maximum absolute atomic E-state index is 11.6. The van der Waals surface area contributed by atoms with Crippen molar-refractivity contribution in [3.63, 3.8) is 0 Å². The van der Waals surface area contributed by atoms with Gasteiger partial charge in [0.05, 0.1) is 7.11 Å². The van der Waals surface area contributed by atoms with E-state index in [0.717, 1.165) is 49.5 Å². The van der Waals surface area contributed by atoms with Gasteiger partial charge in [-0.1, -0.05) is 0 Å². The summed E-state index contributed by atoms with van der Waals surface area (Å²) in [5.41, 5.74) is 7.53. The molecular formula is C17H26N2O2. The maximum atomic E-state index is 11.6. The standard InChI is InChI=1S/C17H26N2O2/c1-13(20)15-5-6-17(21-2)16(10-15)12-19-9-3-4-14(11-19)7-8-18/h5-6,10,14H,3-4,7-9,11-12,18H2,1-2H3. The van der Waals surface area contributed by atoms with Gasteiger partial charge in [-0.3, -0.25) is 9.69 Å². The Hall–Kier alpha value is -1.39. The summed E-state index contributed by atoms with van der Waals surface area (Å²) in [6.45, 7) is 5.40. The SMILES string of the molecule is COc1ccc(C(C)=O)cc1CN1CCCC(CCN)C1. The number of nitrogens with zero attached hydrogens (tertiary/aromatic N) is 1. The van der Waals surface area contributed by atoms with Crippen molar-refractivity contribution < 1.29 is 9.53 Å². The fraction of sp³-hybridized carbons (Fsp3) is 0.588. The largest absolute Gasteiger partial charge is 0.496 e. The molecule has 2 N–H and O–H groups in total. The first kappa shape index (κ1) is 16.0. The van der Waals surface area contributed by atoms with Crippen LogP contribution in [0.1, 0.15) is 42.1 Å². The second kappa shape index (κ2) is 7.57. The molecule has 1 aliphatic heterocycles. The molecule has 0 radical (unpaired) electrons. The summed E-state index contributed by atoms with van der Waals surface area (Å²) in [5.74, 6) is 1.66.